The van der Waals surface area contributed by atoms with E-state index in [-0.39, 0.29) is 27.9 Å². The Labute approximate surface area is 119 Å². The van der Waals surface area contributed by atoms with Crippen LogP contribution in [0.3, 0.4) is 0 Å². The Bertz CT molecular complexity index is 370. The Morgan fingerprint density at radius 1 is 1.29 bits per heavy atom. The minimum Gasteiger partial charge on any atom is -0.251 e. The number of hydrogen-bond acceptors (Lipinski definition) is 0. The van der Waals surface area contributed by atoms with Gasteiger partial charge in [-0.1, -0.05) is 36.2 Å². The molecule has 3 heteroatoms. The zero-order chi connectivity index (χ0) is 12.7. The predicted octanol–water partition coefficient (Wildman–Crippen LogP) is 1.86. The maximum absolute atomic E-state index is 12.1. The summed E-state index contributed by atoms with van der Waals surface area (Å²) in [6.45, 7) is 3.93. The molecule has 0 saturated carbocycles. The summed E-state index contributed by atoms with van der Waals surface area (Å²) in [5.41, 5.74) is 1.28. The maximum Gasteiger partial charge on any atom is 0.354 e. The fraction of sp³-hybridized carbons (Fsp3) is 0.429. The molecule has 0 unspecified atom stereocenters. The number of rotatable bonds is 6. The number of benzene rings is 1. The monoisotopic (exact) mass is 367 g/mol. The predicted molar refractivity (Wildman–Crippen MR) is 68.3 cm³/mol. The lowest BCUT2D eigenvalue weighted by Crippen LogP contribution is -3.61. The first-order valence-corrected chi connectivity index (χ1v) is 8.36. The molecule has 17 heavy (non-hydrogen) atoms. The number of halogens is 3. The Kier molecular flexibility index (Phi) is 7.12. The van der Waals surface area contributed by atoms with Crippen molar-refractivity contribution in [1.29, 1.82) is 0 Å². The van der Waals surface area contributed by atoms with Gasteiger partial charge in [-0.25, -0.2) is 0 Å². The zero-order valence-corrected chi connectivity index (χ0v) is 13.2. The largest absolute Gasteiger partial charge is 0.354 e. The summed E-state index contributed by atoms with van der Waals surface area (Å²) in [6, 6.07) is 8.63. The fourth-order valence-corrected chi connectivity index (χ4v) is 4.32. The SMILES string of the molecule is CC/C([I+]c1ccc(C)cc1)=C(\Cl)CCCF. The number of allylic oxidation sites excluding steroid dienone is 2. The summed E-state index contributed by atoms with van der Waals surface area (Å²) in [5, 5.41) is 0.888. The van der Waals surface area contributed by atoms with E-state index in [9.17, 15) is 4.39 Å². The molecule has 1 rings (SSSR count). The number of alkyl halides is 1. The molecule has 0 bridgehead atoms. The van der Waals surface area contributed by atoms with Crippen LogP contribution >= 0.6 is 11.6 Å². The molecule has 0 spiro atoms. The molecule has 1 aromatic carbocycles. The van der Waals surface area contributed by atoms with Gasteiger partial charge >= 0.3 is 21.2 Å². The highest BCUT2D eigenvalue weighted by atomic mass is 127. The molecule has 0 N–H and O–H groups in total. The van der Waals surface area contributed by atoms with Crippen LogP contribution < -0.4 is 21.2 Å². The molecule has 0 aliphatic rings. The molecule has 1 aromatic rings. The first kappa shape index (κ1) is 15.0. The number of aryl methyl sites for hydroxylation is 1. The maximum atomic E-state index is 12.1. The first-order chi connectivity index (χ1) is 8.17. The summed E-state index contributed by atoms with van der Waals surface area (Å²) in [6.07, 6.45) is 2.21. The van der Waals surface area contributed by atoms with Crippen LogP contribution in [0.4, 0.5) is 4.39 Å². The van der Waals surface area contributed by atoms with Crippen molar-refractivity contribution < 1.29 is 25.6 Å². The van der Waals surface area contributed by atoms with E-state index in [4.69, 9.17) is 11.6 Å². The highest BCUT2D eigenvalue weighted by molar-refractivity contribution is 6.29. The average molecular weight is 368 g/mol. The molecule has 0 aliphatic heterocycles. The van der Waals surface area contributed by atoms with Gasteiger partial charge in [-0.05, 0) is 31.9 Å². The smallest absolute Gasteiger partial charge is 0.251 e. The quantitative estimate of drug-likeness (QED) is 0.674. The van der Waals surface area contributed by atoms with Gasteiger partial charge in [0, 0.05) is 6.42 Å². The highest BCUT2D eigenvalue weighted by Crippen LogP contribution is 2.13. The lowest BCUT2D eigenvalue weighted by Gasteiger charge is -1.97. The van der Waals surface area contributed by atoms with Crippen LogP contribution in [0.5, 0.6) is 0 Å². The molecule has 0 radical (unpaired) electrons. The Morgan fingerprint density at radius 2 is 1.94 bits per heavy atom. The van der Waals surface area contributed by atoms with E-state index in [0.29, 0.717) is 12.8 Å². The van der Waals surface area contributed by atoms with E-state index in [1.165, 1.54) is 12.7 Å². The van der Waals surface area contributed by atoms with Crippen LogP contribution in [0.2, 0.25) is 0 Å². The minimum atomic E-state index is -0.282. The molecule has 0 amide bonds. The second-order valence-corrected chi connectivity index (χ2v) is 7.39. The summed E-state index contributed by atoms with van der Waals surface area (Å²) in [5.74, 6) is 0. The van der Waals surface area contributed by atoms with E-state index in [1.807, 2.05) is 0 Å². The first-order valence-electron chi connectivity index (χ1n) is 5.82. The van der Waals surface area contributed by atoms with Crippen LogP contribution in [-0.4, -0.2) is 6.67 Å². The van der Waals surface area contributed by atoms with Crippen LogP contribution in [0, 0.1) is 10.5 Å². The summed E-state index contributed by atoms with van der Waals surface area (Å²) in [4.78, 5) is 0. The second kappa shape index (κ2) is 8.09. The molecular weight excluding hydrogens is 350 g/mol. The van der Waals surface area contributed by atoms with Gasteiger partial charge in [-0.2, -0.15) is 0 Å². The van der Waals surface area contributed by atoms with Crippen LogP contribution in [0.25, 0.3) is 0 Å². The Balaban J connectivity index is 2.71. The molecular formula is C14H18ClFI+. The zero-order valence-electron chi connectivity index (χ0n) is 10.3. The van der Waals surface area contributed by atoms with Crippen LogP contribution in [-0.2, 0) is 0 Å². The van der Waals surface area contributed by atoms with Crippen LogP contribution in [0.15, 0.2) is 32.9 Å². The normalized spacial score (nSPS) is 12.5. The Morgan fingerprint density at radius 3 is 2.47 bits per heavy atom. The molecule has 94 valence electrons. The molecule has 0 nitrogen and oxygen atoms in total. The summed E-state index contributed by atoms with van der Waals surface area (Å²) in [7, 11) is 0. The minimum absolute atomic E-state index is 0.185. The van der Waals surface area contributed by atoms with Crippen molar-refractivity contribution in [3.8, 4) is 0 Å². The average Bonchev–Trinajstić information content (AvgIpc) is 2.35. The lowest BCUT2D eigenvalue weighted by atomic mass is 10.2. The van der Waals surface area contributed by atoms with Crippen molar-refractivity contribution in [2.24, 2.45) is 0 Å². The van der Waals surface area contributed by atoms with Gasteiger partial charge in [-0.3, -0.25) is 4.39 Å². The summed E-state index contributed by atoms with van der Waals surface area (Å²) < 4.78 is 14.8. The van der Waals surface area contributed by atoms with Crippen molar-refractivity contribution in [3.63, 3.8) is 0 Å². The van der Waals surface area contributed by atoms with E-state index >= 15 is 0 Å². The molecule has 0 aliphatic carbocycles. The Hall–Kier alpha value is -0.0900. The fourth-order valence-electron chi connectivity index (χ4n) is 1.40. The van der Waals surface area contributed by atoms with Crippen molar-refractivity contribution in [2.75, 3.05) is 6.67 Å². The standard InChI is InChI=1S/C14H18ClFI/c1-3-14(13(15)5-4-10-16)17-12-8-6-11(2)7-9-12/h6-9H,3-5,10H2,1-2H3/q+1/b14-13+. The van der Waals surface area contributed by atoms with Crippen molar-refractivity contribution in [1.82, 2.24) is 0 Å². The third-order valence-electron chi connectivity index (χ3n) is 2.37. The van der Waals surface area contributed by atoms with Gasteiger partial charge < -0.3 is 0 Å². The second-order valence-electron chi connectivity index (χ2n) is 3.85. The van der Waals surface area contributed by atoms with E-state index in [0.717, 1.165) is 11.5 Å². The molecule has 0 saturated heterocycles. The molecule has 0 atom stereocenters. The molecule has 0 heterocycles. The number of hydrogen-bond donors (Lipinski definition) is 0. The third kappa shape index (κ3) is 5.38. The van der Waals surface area contributed by atoms with Crippen molar-refractivity contribution in [2.45, 2.75) is 33.1 Å². The lowest BCUT2D eigenvalue weighted by molar-refractivity contribution is -0.579. The van der Waals surface area contributed by atoms with E-state index in [2.05, 4.69) is 38.1 Å². The molecule has 0 aromatic heterocycles. The summed E-state index contributed by atoms with van der Waals surface area (Å²) >= 11 is 6.06. The van der Waals surface area contributed by atoms with Crippen LogP contribution in [0.1, 0.15) is 31.7 Å². The highest BCUT2D eigenvalue weighted by Gasteiger charge is 2.20. The van der Waals surface area contributed by atoms with Gasteiger partial charge in [0.2, 0.25) is 0 Å². The topological polar surface area (TPSA) is 0 Å². The van der Waals surface area contributed by atoms with Gasteiger partial charge in [0.1, 0.15) is 0 Å². The van der Waals surface area contributed by atoms with E-state index < -0.39 is 0 Å². The van der Waals surface area contributed by atoms with Gasteiger partial charge in [0.25, 0.3) is 0 Å². The van der Waals surface area contributed by atoms with Gasteiger partial charge in [0.05, 0.1) is 11.7 Å². The third-order valence-corrected chi connectivity index (χ3v) is 6.51. The molecule has 0 fully saturated rings. The van der Waals surface area contributed by atoms with Crippen molar-refractivity contribution >= 4 is 11.6 Å². The van der Waals surface area contributed by atoms with E-state index in [1.54, 1.807) is 0 Å². The van der Waals surface area contributed by atoms with Crippen molar-refractivity contribution in [3.05, 3.63) is 42.0 Å². The van der Waals surface area contributed by atoms with Gasteiger partial charge in [0.15, 0.2) is 7.15 Å². The van der Waals surface area contributed by atoms with Gasteiger partial charge in [-0.15, -0.1) is 0 Å².